The van der Waals surface area contributed by atoms with Crippen molar-refractivity contribution in [1.29, 1.82) is 0 Å². The maximum atomic E-state index is 11.0. The average Bonchev–Trinajstić information content (AvgIpc) is 2.66. The largest absolute Gasteiger partial charge is 0.298 e. The molecule has 0 saturated carbocycles. The molecule has 0 radical (unpaired) electrons. The van der Waals surface area contributed by atoms with Gasteiger partial charge in [0.2, 0.25) is 0 Å². The topological polar surface area (TPSA) is 71.4 Å². The van der Waals surface area contributed by atoms with Crippen LogP contribution in [0.3, 0.4) is 0 Å². The van der Waals surface area contributed by atoms with Crippen LogP contribution in [-0.2, 0) is 10.1 Å². The first-order chi connectivity index (χ1) is 12.5. The lowest BCUT2D eigenvalue weighted by atomic mass is 10.0. The van der Waals surface area contributed by atoms with E-state index >= 15 is 0 Å². The summed E-state index contributed by atoms with van der Waals surface area (Å²) in [7, 11) is -4.17. The Morgan fingerprint density at radius 3 is 1.38 bits per heavy atom. The number of aldehydes is 1. The first kappa shape index (κ1) is 17.8. The number of hydrogen-bond donors (Lipinski definition) is 1. The molecule has 0 aliphatic heterocycles. The van der Waals surface area contributed by atoms with Gasteiger partial charge in [0.1, 0.15) is 6.29 Å². The summed E-state index contributed by atoms with van der Waals surface area (Å²) in [6.45, 7) is 0. The van der Waals surface area contributed by atoms with Gasteiger partial charge in [-0.3, -0.25) is 9.35 Å². The van der Waals surface area contributed by atoms with E-state index in [-0.39, 0.29) is 4.90 Å². The number of carbonyl (C=O) groups excluding carboxylic acids is 1. The van der Waals surface area contributed by atoms with Crippen molar-refractivity contribution < 1.29 is 17.8 Å². The highest BCUT2D eigenvalue weighted by Gasteiger charge is 2.07. The fourth-order valence-corrected chi connectivity index (χ4v) is 2.96. The Hall–Kier alpha value is -3.02. The Morgan fingerprint density at radius 2 is 1.00 bits per heavy atom. The predicted molar refractivity (Wildman–Crippen MR) is 102 cm³/mol. The third kappa shape index (κ3) is 4.33. The van der Waals surface area contributed by atoms with Gasteiger partial charge in [0, 0.05) is 5.56 Å². The van der Waals surface area contributed by atoms with E-state index in [0.717, 1.165) is 28.5 Å². The molecule has 0 fully saturated rings. The summed E-state index contributed by atoms with van der Waals surface area (Å²) in [5, 5.41) is 0. The fraction of sp³-hybridized carbons (Fsp3) is 0. The van der Waals surface area contributed by atoms with E-state index in [2.05, 4.69) is 0 Å². The van der Waals surface area contributed by atoms with Gasteiger partial charge in [-0.05, 0) is 34.4 Å². The Bertz CT molecular complexity index is 1030. The highest BCUT2D eigenvalue weighted by molar-refractivity contribution is 7.85. The third-order valence-electron chi connectivity index (χ3n) is 3.94. The Kier molecular flexibility index (Phi) is 5.11. The predicted octanol–water partition coefficient (Wildman–Crippen LogP) is 4.58. The second kappa shape index (κ2) is 7.47. The van der Waals surface area contributed by atoms with Crippen molar-refractivity contribution >= 4 is 28.6 Å². The number of rotatable bonds is 5. The van der Waals surface area contributed by atoms with E-state index in [9.17, 15) is 13.2 Å². The van der Waals surface area contributed by atoms with E-state index in [4.69, 9.17) is 4.55 Å². The Balaban J connectivity index is 1.74. The minimum atomic E-state index is -4.17. The number of carbonyl (C=O) groups is 1. The van der Waals surface area contributed by atoms with Crippen molar-refractivity contribution in [1.82, 2.24) is 0 Å². The maximum Gasteiger partial charge on any atom is 0.294 e. The van der Waals surface area contributed by atoms with Crippen molar-refractivity contribution in [2.45, 2.75) is 4.90 Å². The molecule has 0 atom stereocenters. The highest BCUT2D eigenvalue weighted by Crippen LogP contribution is 2.21. The van der Waals surface area contributed by atoms with Crippen LogP contribution >= 0.6 is 0 Å². The minimum Gasteiger partial charge on any atom is -0.298 e. The highest BCUT2D eigenvalue weighted by atomic mass is 32.2. The van der Waals surface area contributed by atoms with E-state index < -0.39 is 10.1 Å². The van der Waals surface area contributed by atoms with Crippen LogP contribution in [-0.4, -0.2) is 19.3 Å². The molecule has 0 spiro atoms. The van der Waals surface area contributed by atoms with Crippen molar-refractivity contribution in [3.8, 4) is 11.1 Å². The van der Waals surface area contributed by atoms with Crippen LogP contribution in [0.25, 0.3) is 23.3 Å². The molecular weight excluding hydrogens is 348 g/mol. The standard InChI is InChI=1S/C21H16O4S/c22-15-18-5-11-20(12-6-18)19-9-3-16(4-10-19)1-2-17-7-13-21(14-8-17)26(23,24)25/h1-15H,(H,23,24,25)/b2-1+. The lowest BCUT2D eigenvalue weighted by Gasteiger charge is -2.03. The van der Waals surface area contributed by atoms with Crippen LogP contribution in [0.1, 0.15) is 21.5 Å². The van der Waals surface area contributed by atoms with Crippen LogP contribution in [0, 0.1) is 0 Å². The molecule has 0 heterocycles. The summed E-state index contributed by atoms with van der Waals surface area (Å²) in [6.07, 6.45) is 4.60. The van der Waals surface area contributed by atoms with Crippen molar-refractivity contribution in [2.24, 2.45) is 0 Å². The minimum absolute atomic E-state index is 0.125. The van der Waals surface area contributed by atoms with Gasteiger partial charge in [-0.15, -0.1) is 0 Å². The molecule has 0 aliphatic carbocycles. The normalized spacial score (nSPS) is 11.6. The van der Waals surface area contributed by atoms with Crippen LogP contribution in [0.2, 0.25) is 0 Å². The van der Waals surface area contributed by atoms with Crippen molar-refractivity contribution in [2.75, 3.05) is 0 Å². The van der Waals surface area contributed by atoms with Crippen LogP contribution in [0.5, 0.6) is 0 Å². The molecule has 3 aromatic rings. The zero-order valence-corrected chi connectivity index (χ0v) is 14.6. The second-order valence-corrected chi connectivity index (χ2v) is 7.16. The quantitative estimate of drug-likeness (QED) is 0.408. The molecule has 0 aromatic heterocycles. The van der Waals surface area contributed by atoms with Gasteiger partial charge in [-0.1, -0.05) is 72.8 Å². The molecule has 3 aromatic carbocycles. The van der Waals surface area contributed by atoms with E-state index in [1.807, 2.05) is 48.6 Å². The lowest BCUT2D eigenvalue weighted by Crippen LogP contribution is -1.97. The second-order valence-electron chi connectivity index (χ2n) is 5.74. The van der Waals surface area contributed by atoms with Gasteiger partial charge >= 0.3 is 0 Å². The molecule has 0 aliphatic rings. The molecule has 26 heavy (non-hydrogen) atoms. The molecular formula is C21H16O4S. The summed E-state index contributed by atoms with van der Waals surface area (Å²) in [5.41, 5.74) is 4.56. The van der Waals surface area contributed by atoms with Crippen LogP contribution < -0.4 is 0 Å². The summed E-state index contributed by atoms with van der Waals surface area (Å²) in [4.78, 5) is 10.6. The average molecular weight is 364 g/mol. The van der Waals surface area contributed by atoms with Gasteiger partial charge in [-0.25, -0.2) is 0 Å². The lowest BCUT2D eigenvalue weighted by molar-refractivity contribution is 0.112. The summed E-state index contributed by atoms with van der Waals surface area (Å²) >= 11 is 0. The maximum absolute atomic E-state index is 11.0. The molecule has 1 N–H and O–H groups in total. The summed E-state index contributed by atoms with van der Waals surface area (Å²) < 4.78 is 31.0. The van der Waals surface area contributed by atoms with Crippen LogP contribution in [0.15, 0.2) is 77.7 Å². The van der Waals surface area contributed by atoms with E-state index in [0.29, 0.717) is 5.56 Å². The molecule has 0 unspecified atom stereocenters. The Labute approximate surface area is 152 Å². The molecule has 5 heteroatoms. The van der Waals surface area contributed by atoms with Gasteiger partial charge in [-0.2, -0.15) is 8.42 Å². The van der Waals surface area contributed by atoms with Crippen molar-refractivity contribution in [3.63, 3.8) is 0 Å². The van der Waals surface area contributed by atoms with Gasteiger partial charge in [0.15, 0.2) is 0 Å². The van der Waals surface area contributed by atoms with Crippen molar-refractivity contribution in [3.05, 3.63) is 89.5 Å². The summed E-state index contributed by atoms with van der Waals surface area (Å²) in [5.74, 6) is 0. The summed E-state index contributed by atoms with van der Waals surface area (Å²) in [6, 6.07) is 21.3. The monoisotopic (exact) mass is 364 g/mol. The van der Waals surface area contributed by atoms with Gasteiger partial charge in [0.05, 0.1) is 4.90 Å². The van der Waals surface area contributed by atoms with E-state index in [1.165, 1.54) is 12.1 Å². The molecule has 0 saturated heterocycles. The first-order valence-corrected chi connectivity index (χ1v) is 9.31. The molecule has 0 amide bonds. The molecule has 130 valence electrons. The van der Waals surface area contributed by atoms with E-state index in [1.54, 1.807) is 24.3 Å². The third-order valence-corrected chi connectivity index (χ3v) is 4.80. The van der Waals surface area contributed by atoms with Crippen LogP contribution in [0.4, 0.5) is 0 Å². The Morgan fingerprint density at radius 1 is 0.615 bits per heavy atom. The first-order valence-electron chi connectivity index (χ1n) is 7.87. The number of hydrogen-bond acceptors (Lipinski definition) is 3. The smallest absolute Gasteiger partial charge is 0.294 e. The zero-order valence-electron chi connectivity index (χ0n) is 13.7. The number of benzene rings is 3. The molecule has 4 nitrogen and oxygen atoms in total. The fourth-order valence-electron chi connectivity index (χ4n) is 2.48. The molecule has 0 bridgehead atoms. The molecule has 3 rings (SSSR count). The van der Waals surface area contributed by atoms with Gasteiger partial charge < -0.3 is 0 Å². The SMILES string of the molecule is O=Cc1ccc(-c2ccc(/C=C/c3ccc(S(=O)(=O)O)cc3)cc2)cc1. The zero-order chi connectivity index (χ0) is 18.6. The van der Waals surface area contributed by atoms with Gasteiger partial charge in [0.25, 0.3) is 10.1 Å².